The topological polar surface area (TPSA) is 55.6 Å². The average molecular weight is 426 g/mol. The van der Waals surface area contributed by atoms with Crippen molar-refractivity contribution in [3.8, 4) is 0 Å². The molecule has 2 N–H and O–H groups in total. The van der Waals surface area contributed by atoms with Gasteiger partial charge in [-0.25, -0.2) is 0 Å². The van der Waals surface area contributed by atoms with Gasteiger partial charge in [-0.05, 0) is 30.2 Å². The number of carbonyl (C=O) groups excluding carboxylic acids is 1. The van der Waals surface area contributed by atoms with Crippen LogP contribution in [0.25, 0.3) is 0 Å². The average Bonchev–Trinajstić information content (AvgIpc) is 2.62. The first-order valence-electron chi connectivity index (χ1n) is 7.99. The molecular weight excluding hydrogens is 404 g/mol. The first-order chi connectivity index (χ1) is 11.5. The number of ether oxygens (including phenoxy) is 1. The second-order valence-corrected chi connectivity index (χ2v) is 7.15. The lowest BCUT2D eigenvalue weighted by molar-refractivity contribution is -0.144. The maximum atomic E-state index is 13.0. The minimum atomic E-state index is -1.04. The number of nitrogens with zero attached hydrogens (tertiary/aromatic N) is 1. The highest BCUT2D eigenvalue weighted by molar-refractivity contribution is 9.10. The van der Waals surface area contributed by atoms with Crippen molar-refractivity contribution in [1.82, 2.24) is 4.90 Å². The van der Waals surface area contributed by atoms with E-state index in [1.807, 2.05) is 59.5 Å². The first kappa shape index (κ1) is 19.9. The molecule has 2 aromatic rings. The highest BCUT2D eigenvalue weighted by Crippen LogP contribution is 2.27. The number of rotatable bonds is 3. The van der Waals surface area contributed by atoms with Crippen LogP contribution in [0.3, 0.4) is 0 Å². The Hall–Kier alpha value is -1.40. The Balaban J connectivity index is 0.00000225. The highest BCUT2D eigenvalue weighted by atomic mass is 79.9. The van der Waals surface area contributed by atoms with Gasteiger partial charge in [0.05, 0.1) is 13.2 Å². The summed E-state index contributed by atoms with van der Waals surface area (Å²) < 4.78 is 6.86. The van der Waals surface area contributed by atoms with Crippen molar-refractivity contribution in [3.63, 3.8) is 0 Å². The van der Waals surface area contributed by atoms with Crippen molar-refractivity contribution in [3.05, 3.63) is 70.2 Å². The molecule has 1 amide bonds. The second-order valence-electron chi connectivity index (χ2n) is 6.23. The summed E-state index contributed by atoms with van der Waals surface area (Å²) in [5, 5.41) is 0. The van der Waals surface area contributed by atoms with Crippen LogP contribution in [-0.2, 0) is 15.1 Å². The van der Waals surface area contributed by atoms with Gasteiger partial charge in [-0.15, -0.1) is 12.4 Å². The Kier molecular flexibility index (Phi) is 6.63. The van der Waals surface area contributed by atoms with E-state index in [0.717, 1.165) is 15.6 Å². The van der Waals surface area contributed by atoms with Gasteiger partial charge in [-0.3, -0.25) is 4.79 Å². The van der Waals surface area contributed by atoms with Crippen LogP contribution in [0, 0.1) is 0 Å². The number of halogens is 2. The molecule has 0 aliphatic carbocycles. The zero-order valence-electron chi connectivity index (χ0n) is 14.0. The molecule has 1 heterocycles. The van der Waals surface area contributed by atoms with Gasteiger partial charge >= 0.3 is 0 Å². The second kappa shape index (κ2) is 8.32. The van der Waals surface area contributed by atoms with Gasteiger partial charge in [-0.2, -0.15) is 0 Å². The van der Waals surface area contributed by atoms with Gasteiger partial charge in [0.2, 0.25) is 5.91 Å². The molecule has 0 spiro atoms. The SMILES string of the molecule is CC(N)(C(=O)N1CCOC(c2cccc(Br)c2)C1)c1ccccc1.Cl. The molecule has 0 saturated carbocycles. The predicted octanol–water partition coefficient (Wildman–Crippen LogP) is 3.64. The van der Waals surface area contributed by atoms with Crippen molar-refractivity contribution in [2.45, 2.75) is 18.6 Å². The van der Waals surface area contributed by atoms with Crippen LogP contribution < -0.4 is 5.73 Å². The standard InChI is InChI=1S/C19H21BrN2O2.ClH/c1-19(21,15-7-3-2-4-8-15)18(23)22-10-11-24-17(13-22)14-6-5-9-16(20)12-14;/h2-9,12,17H,10-11,13,21H2,1H3;1H. The van der Waals surface area contributed by atoms with Gasteiger partial charge in [0.15, 0.2) is 0 Å². The predicted molar refractivity (Wildman–Crippen MR) is 105 cm³/mol. The molecule has 0 aromatic heterocycles. The van der Waals surface area contributed by atoms with E-state index in [9.17, 15) is 4.79 Å². The molecule has 134 valence electrons. The summed E-state index contributed by atoms with van der Waals surface area (Å²) in [5.41, 5.74) is 7.22. The molecule has 2 aromatic carbocycles. The van der Waals surface area contributed by atoms with E-state index in [-0.39, 0.29) is 24.4 Å². The quantitative estimate of drug-likeness (QED) is 0.817. The van der Waals surface area contributed by atoms with Crippen LogP contribution in [0.2, 0.25) is 0 Å². The minimum Gasteiger partial charge on any atom is -0.370 e. The van der Waals surface area contributed by atoms with E-state index in [0.29, 0.717) is 19.7 Å². The molecule has 0 bridgehead atoms. The summed E-state index contributed by atoms with van der Waals surface area (Å²) in [6.45, 7) is 3.35. The lowest BCUT2D eigenvalue weighted by atomic mass is 9.91. The maximum Gasteiger partial charge on any atom is 0.247 e. The Labute approximate surface area is 162 Å². The molecule has 2 unspecified atom stereocenters. The summed E-state index contributed by atoms with van der Waals surface area (Å²) in [4.78, 5) is 14.8. The Bertz CT molecular complexity index is 724. The number of benzene rings is 2. The molecule has 2 atom stereocenters. The fraction of sp³-hybridized carbons (Fsp3) is 0.316. The first-order valence-corrected chi connectivity index (χ1v) is 8.78. The molecule has 1 aliphatic heterocycles. The molecule has 1 aliphatic rings. The summed E-state index contributed by atoms with van der Waals surface area (Å²) in [6.07, 6.45) is -0.133. The van der Waals surface area contributed by atoms with E-state index >= 15 is 0 Å². The molecule has 3 rings (SSSR count). The van der Waals surface area contributed by atoms with E-state index in [1.54, 1.807) is 6.92 Å². The van der Waals surface area contributed by atoms with Gasteiger partial charge in [0, 0.05) is 11.0 Å². The molecule has 4 nitrogen and oxygen atoms in total. The van der Waals surface area contributed by atoms with E-state index in [2.05, 4.69) is 15.9 Å². The van der Waals surface area contributed by atoms with Crippen molar-refractivity contribution < 1.29 is 9.53 Å². The van der Waals surface area contributed by atoms with Crippen molar-refractivity contribution >= 4 is 34.2 Å². The monoisotopic (exact) mass is 424 g/mol. The van der Waals surface area contributed by atoms with Gasteiger partial charge in [0.1, 0.15) is 11.6 Å². The van der Waals surface area contributed by atoms with Gasteiger partial charge in [-0.1, -0.05) is 58.4 Å². The molecule has 25 heavy (non-hydrogen) atoms. The van der Waals surface area contributed by atoms with Gasteiger partial charge in [0.25, 0.3) is 0 Å². The minimum absolute atomic E-state index is 0. The molecule has 1 fully saturated rings. The molecule has 0 radical (unpaired) electrons. The summed E-state index contributed by atoms with van der Waals surface area (Å²) in [5.74, 6) is -0.0722. The lowest BCUT2D eigenvalue weighted by Crippen LogP contribution is -2.54. The highest BCUT2D eigenvalue weighted by Gasteiger charge is 2.37. The summed E-state index contributed by atoms with van der Waals surface area (Å²) >= 11 is 3.48. The van der Waals surface area contributed by atoms with Crippen molar-refractivity contribution in [2.24, 2.45) is 5.73 Å². The fourth-order valence-electron chi connectivity index (χ4n) is 2.98. The van der Waals surface area contributed by atoms with Crippen LogP contribution in [0.5, 0.6) is 0 Å². The lowest BCUT2D eigenvalue weighted by Gasteiger charge is -2.37. The van der Waals surface area contributed by atoms with Crippen LogP contribution in [0.15, 0.2) is 59.1 Å². The van der Waals surface area contributed by atoms with E-state index in [1.165, 1.54) is 0 Å². The Morgan fingerprint density at radius 1 is 1.24 bits per heavy atom. The number of carbonyl (C=O) groups is 1. The van der Waals surface area contributed by atoms with E-state index < -0.39 is 5.54 Å². The van der Waals surface area contributed by atoms with Crippen LogP contribution >= 0.6 is 28.3 Å². The fourth-order valence-corrected chi connectivity index (χ4v) is 3.40. The number of morpholine rings is 1. The maximum absolute atomic E-state index is 13.0. The number of hydrogen-bond acceptors (Lipinski definition) is 3. The Morgan fingerprint density at radius 3 is 2.64 bits per heavy atom. The van der Waals surface area contributed by atoms with Crippen molar-refractivity contribution in [1.29, 1.82) is 0 Å². The molecule has 6 heteroatoms. The van der Waals surface area contributed by atoms with Crippen LogP contribution in [0.4, 0.5) is 0 Å². The van der Waals surface area contributed by atoms with Gasteiger partial charge < -0.3 is 15.4 Å². The van der Waals surface area contributed by atoms with Crippen LogP contribution in [-0.4, -0.2) is 30.5 Å². The van der Waals surface area contributed by atoms with E-state index in [4.69, 9.17) is 10.5 Å². The number of amides is 1. The zero-order valence-corrected chi connectivity index (χ0v) is 16.4. The third-order valence-electron chi connectivity index (χ3n) is 4.39. The normalized spacial score (nSPS) is 19.6. The summed E-state index contributed by atoms with van der Waals surface area (Å²) in [6, 6.07) is 17.5. The van der Waals surface area contributed by atoms with Crippen molar-refractivity contribution in [2.75, 3.05) is 19.7 Å². The zero-order chi connectivity index (χ0) is 17.2. The third kappa shape index (κ3) is 4.42. The number of nitrogens with two attached hydrogens (primary N) is 1. The number of hydrogen-bond donors (Lipinski definition) is 1. The Morgan fingerprint density at radius 2 is 1.96 bits per heavy atom. The molecule has 1 saturated heterocycles. The summed E-state index contributed by atoms with van der Waals surface area (Å²) in [7, 11) is 0. The van der Waals surface area contributed by atoms with Crippen LogP contribution in [0.1, 0.15) is 24.2 Å². The molecular formula is C19H22BrClN2O2. The smallest absolute Gasteiger partial charge is 0.247 e. The third-order valence-corrected chi connectivity index (χ3v) is 4.89. The largest absolute Gasteiger partial charge is 0.370 e.